The van der Waals surface area contributed by atoms with Crippen LogP contribution in [0, 0.1) is 11.7 Å². The molecule has 3 heterocycles. The van der Waals surface area contributed by atoms with Crippen molar-refractivity contribution in [1.82, 2.24) is 14.7 Å². The number of ether oxygens (including phenoxy) is 1. The molecule has 1 aliphatic heterocycles. The number of nitrogens with one attached hydrogen (secondary N) is 1. The number of hydrogen-bond acceptors (Lipinski definition) is 7. The zero-order valence-electron chi connectivity index (χ0n) is 20.0. The quantitative estimate of drug-likeness (QED) is 0.475. The summed E-state index contributed by atoms with van der Waals surface area (Å²) >= 11 is 5.76. The lowest BCUT2D eigenvalue weighted by Gasteiger charge is -2.36. The summed E-state index contributed by atoms with van der Waals surface area (Å²) in [5, 5.41) is -0.164. The lowest BCUT2D eigenvalue weighted by molar-refractivity contribution is 0.0981. The van der Waals surface area contributed by atoms with Crippen molar-refractivity contribution in [2.75, 3.05) is 11.4 Å². The molecule has 1 amide bonds. The molecular formula is C25H26ClFN4O4S. The van der Waals surface area contributed by atoms with Crippen LogP contribution in [0.1, 0.15) is 43.1 Å². The summed E-state index contributed by atoms with van der Waals surface area (Å²) in [6.07, 6.45) is 2.51. The van der Waals surface area contributed by atoms with Crippen LogP contribution in [-0.2, 0) is 16.6 Å². The first-order valence-electron chi connectivity index (χ1n) is 11.3. The lowest BCUT2D eigenvalue weighted by Crippen LogP contribution is -2.43. The summed E-state index contributed by atoms with van der Waals surface area (Å²) in [6, 6.07) is 11.4. The van der Waals surface area contributed by atoms with Gasteiger partial charge in [-0.2, -0.15) is 13.4 Å². The number of amides is 1. The third-order valence-electron chi connectivity index (χ3n) is 6.57. The Morgan fingerprint density at radius 1 is 1.25 bits per heavy atom. The summed E-state index contributed by atoms with van der Waals surface area (Å²) in [4.78, 5) is 23.5. The predicted octanol–water partition coefficient (Wildman–Crippen LogP) is 4.59. The van der Waals surface area contributed by atoms with E-state index in [1.165, 1.54) is 30.3 Å². The van der Waals surface area contributed by atoms with Crippen molar-refractivity contribution in [2.24, 2.45) is 5.92 Å². The van der Waals surface area contributed by atoms with Gasteiger partial charge in [0.1, 0.15) is 18.2 Å². The largest absolute Gasteiger partial charge is 0.473 e. The van der Waals surface area contributed by atoms with Gasteiger partial charge in [-0.1, -0.05) is 30.7 Å². The Morgan fingerprint density at radius 3 is 2.72 bits per heavy atom. The molecule has 0 bridgehead atoms. The minimum atomic E-state index is -4.34. The number of carbonyl (C=O) groups excluding carboxylic acids is 1. The maximum Gasteiger partial charge on any atom is 0.281 e. The maximum atomic E-state index is 14.0. The van der Waals surface area contributed by atoms with Crippen LogP contribution < -0.4 is 14.4 Å². The van der Waals surface area contributed by atoms with E-state index < -0.39 is 26.8 Å². The monoisotopic (exact) mass is 532 g/mol. The van der Waals surface area contributed by atoms with Gasteiger partial charge in [0.25, 0.3) is 15.9 Å². The number of carbonyl (C=O) groups is 1. The average molecular weight is 533 g/mol. The van der Waals surface area contributed by atoms with Crippen LogP contribution in [0.25, 0.3) is 0 Å². The fourth-order valence-corrected chi connectivity index (χ4v) is 5.13. The normalized spacial score (nSPS) is 17.1. The minimum Gasteiger partial charge on any atom is -0.473 e. The Kier molecular flexibility index (Phi) is 7.19. The minimum absolute atomic E-state index is 0.0467. The Bertz CT molecular complexity index is 1400. The van der Waals surface area contributed by atoms with Crippen LogP contribution >= 0.6 is 11.6 Å². The zero-order chi connectivity index (χ0) is 26.1. The molecule has 1 atom stereocenters. The smallest absolute Gasteiger partial charge is 0.281 e. The first kappa shape index (κ1) is 25.8. The number of pyridine rings is 2. The van der Waals surface area contributed by atoms with E-state index in [1.807, 2.05) is 4.90 Å². The third kappa shape index (κ3) is 5.29. The van der Waals surface area contributed by atoms with Crippen molar-refractivity contribution < 1.29 is 22.3 Å². The molecule has 1 aliphatic rings. The molecule has 1 N–H and O–H groups in total. The Morgan fingerprint density at radius 2 is 2.03 bits per heavy atom. The molecule has 1 saturated heterocycles. The molecule has 11 heteroatoms. The predicted molar refractivity (Wildman–Crippen MR) is 134 cm³/mol. The molecule has 0 radical (unpaired) electrons. The number of anilines is 1. The number of benzene rings is 1. The molecule has 4 rings (SSSR count). The van der Waals surface area contributed by atoms with Crippen molar-refractivity contribution >= 4 is 33.3 Å². The molecule has 36 heavy (non-hydrogen) atoms. The number of sulfonamides is 1. The van der Waals surface area contributed by atoms with E-state index in [9.17, 15) is 17.6 Å². The Balaban J connectivity index is 1.52. The van der Waals surface area contributed by atoms with Crippen molar-refractivity contribution in [1.29, 1.82) is 0 Å². The van der Waals surface area contributed by atoms with Crippen molar-refractivity contribution in [2.45, 2.75) is 44.4 Å². The Hall–Kier alpha value is -3.24. The molecule has 1 fully saturated rings. The topological polar surface area (TPSA) is 101 Å². The molecule has 3 aromatic rings. The molecule has 8 nitrogen and oxygen atoms in total. The van der Waals surface area contributed by atoms with E-state index in [1.54, 1.807) is 18.3 Å². The highest BCUT2D eigenvalue weighted by atomic mass is 35.5. The molecule has 190 valence electrons. The average Bonchev–Trinajstić information content (AvgIpc) is 3.10. The van der Waals surface area contributed by atoms with E-state index in [0.29, 0.717) is 18.3 Å². The second-order valence-electron chi connectivity index (χ2n) is 9.14. The fraction of sp³-hybridized carbons (Fsp3) is 0.320. The summed E-state index contributed by atoms with van der Waals surface area (Å²) in [5.41, 5.74) is 0.124. The summed E-state index contributed by atoms with van der Waals surface area (Å²) in [6.45, 7) is 6.80. The number of rotatable bonds is 7. The lowest BCUT2D eigenvalue weighted by atomic mass is 9.90. The molecule has 0 aliphatic carbocycles. The molecular weight excluding hydrogens is 507 g/mol. The van der Waals surface area contributed by atoms with Gasteiger partial charge in [-0.15, -0.1) is 0 Å². The fourth-order valence-electron chi connectivity index (χ4n) is 4.04. The van der Waals surface area contributed by atoms with Crippen molar-refractivity contribution in [3.63, 3.8) is 0 Å². The molecule has 2 aromatic heterocycles. The molecule has 0 saturated carbocycles. The highest BCUT2D eigenvalue weighted by molar-refractivity contribution is 7.90. The van der Waals surface area contributed by atoms with Gasteiger partial charge in [0.05, 0.1) is 5.56 Å². The van der Waals surface area contributed by atoms with Crippen LogP contribution in [0.3, 0.4) is 0 Å². The number of hydrogen-bond donors (Lipinski definition) is 1. The van der Waals surface area contributed by atoms with Gasteiger partial charge in [-0.25, -0.2) is 14.1 Å². The highest BCUT2D eigenvalue weighted by Gasteiger charge is 2.40. The van der Waals surface area contributed by atoms with Gasteiger partial charge in [0, 0.05) is 34.9 Å². The molecule has 0 spiro atoms. The standard InChI is InChI=1S/C25H26ClFN4O4S/c1-16-11-13-31(25(16,2)3)23-19(6-5-12-28-23)24(32)30-36(33,34)22-8-4-7-21(29-22)35-15-17-9-10-18(26)14-20(17)27/h4-10,12,14,16H,11,13,15H2,1-3H3,(H,30,32). The third-order valence-corrected chi connectivity index (χ3v) is 8.03. The number of aromatic nitrogens is 2. The van der Waals surface area contributed by atoms with Gasteiger partial charge < -0.3 is 9.64 Å². The molecule has 1 unspecified atom stereocenters. The first-order valence-corrected chi connectivity index (χ1v) is 13.2. The van der Waals surface area contributed by atoms with Crippen LogP contribution in [0.4, 0.5) is 10.2 Å². The maximum absolute atomic E-state index is 14.0. The van der Waals surface area contributed by atoms with Crippen molar-refractivity contribution in [3.8, 4) is 5.88 Å². The van der Waals surface area contributed by atoms with Crippen LogP contribution in [0.5, 0.6) is 5.88 Å². The van der Waals surface area contributed by atoms with Gasteiger partial charge in [0.2, 0.25) is 5.88 Å². The Labute approximate surface area is 214 Å². The van der Waals surface area contributed by atoms with E-state index in [2.05, 4.69) is 35.5 Å². The SMILES string of the molecule is CC1CCN(c2ncccc2C(=O)NS(=O)(=O)c2cccc(OCc3ccc(Cl)cc3F)n2)C1(C)C. The van der Waals surface area contributed by atoms with Crippen molar-refractivity contribution in [3.05, 3.63) is 76.7 Å². The van der Waals surface area contributed by atoms with E-state index in [4.69, 9.17) is 16.3 Å². The van der Waals surface area contributed by atoms with Crippen LogP contribution in [0.15, 0.2) is 59.8 Å². The summed E-state index contributed by atoms with van der Waals surface area (Å²) in [7, 11) is -4.34. The second kappa shape index (κ2) is 10.0. The zero-order valence-corrected chi connectivity index (χ0v) is 21.6. The summed E-state index contributed by atoms with van der Waals surface area (Å²) < 4.78 is 47.5. The van der Waals surface area contributed by atoms with Gasteiger partial charge in [-0.3, -0.25) is 4.79 Å². The number of nitrogens with zero attached hydrogens (tertiary/aromatic N) is 3. The van der Waals surface area contributed by atoms with Gasteiger partial charge in [-0.05, 0) is 56.5 Å². The van der Waals surface area contributed by atoms with E-state index in [-0.39, 0.29) is 34.2 Å². The highest BCUT2D eigenvalue weighted by Crippen LogP contribution is 2.38. The van der Waals surface area contributed by atoms with Crippen LogP contribution in [-0.4, -0.2) is 36.4 Å². The van der Waals surface area contributed by atoms with Crippen LogP contribution in [0.2, 0.25) is 5.02 Å². The number of halogens is 2. The second-order valence-corrected chi connectivity index (χ2v) is 11.2. The van der Waals surface area contributed by atoms with E-state index in [0.717, 1.165) is 12.5 Å². The molecule has 1 aromatic carbocycles. The van der Waals surface area contributed by atoms with Gasteiger partial charge >= 0.3 is 0 Å². The van der Waals surface area contributed by atoms with E-state index >= 15 is 0 Å². The van der Waals surface area contributed by atoms with Gasteiger partial charge in [0.15, 0.2) is 5.03 Å². The summed E-state index contributed by atoms with van der Waals surface area (Å²) in [5.74, 6) is -0.622. The first-order chi connectivity index (χ1) is 17.0.